The van der Waals surface area contributed by atoms with Crippen molar-refractivity contribution in [2.45, 2.75) is 36.7 Å². The van der Waals surface area contributed by atoms with E-state index < -0.39 is 16.1 Å². The Labute approximate surface area is 170 Å². The van der Waals surface area contributed by atoms with Crippen molar-refractivity contribution in [1.29, 1.82) is 0 Å². The number of halogens is 1. The highest BCUT2D eigenvalue weighted by Gasteiger charge is 2.37. The summed E-state index contributed by atoms with van der Waals surface area (Å²) in [4.78, 5) is 12.9. The molecule has 0 radical (unpaired) electrons. The lowest BCUT2D eigenvalue weighted by molar-refractivity contribution is -0.125. The van der Waals surface area contributed by atoms with E-state index in [0.29, 0.717) is 30.3 Å². The molecule has 1 aliphatic heterocycles. The molecule has 1 aliphatic rings. The lowest BCUT2D eigenvalue weighted by Crippen LogP contribution is -2.51. The number of nitrogens with one attached hydrogen (secondary N) is 1. The van der Waals surface area contributed by atoms with Crippen molar-refractivity contribution in [2.24, 2.45) is 0 Å². The normalized spacial score (nSPS) is 17.9. The van der Waals surface area contributed by atoms with Gasteiger partial charge in [-0.25, -0.2) is 8.42 Å². The highest BCUT2D eigenvalue weighted by molar-refractivity contribution is 7.89. The highest BCUT2D eigenvalue weighted by atomic mass is 35.5. The Morgan fingerprint density at radius 3 is 2.68 bits per heavy atom. The van der Waals surface area contributed by atoms with Gasteiger partial charge in [0.05, 0.1) is 12.0 Å². The lowest BCUT2D eigenvalue weighted by Gasteiger charge is -2.33. The van der Waals surface area contributed by atoms with E-state index in [2.05, 4.69) is 5.32 Å². The molecule has 0 saturated carbocycles. The van der Waals surface area contributed by atoms with Crippen LogP contribution in [-0.2, 0) is 21.4 Å². The number of amides is 1. The number of hydrogen-bond acceptors (Lipinski definition) is 4. The summed E-state index contributed by atoms with van der Waals surface area (Å²) in [6, 6.07) is 12.7. The predicted molar refractivity (Wildman–Crippen MR) is 108 cm³/mol. The smallest absolute Gasteiger partial charge is 0.243 e. The molecule has 0 bridgehead atoms. The van der Waals surface area contributed by atoms with Crippen molar-refractivity contribution in [3.63, 3.8) is 0 Å². The molecule has 0 aliphatic carbocycles. The maximum Gasteiger partial charge on any atom is 0.243 e. The van der Waals surface area contributed by atoms with Gasteiger partial charge in [-0.3, -0.25) is 4.79 Å². The van der Waals surface area contributed by atoms with Gasteiger partial charge < -0.3 is 10.1 Å². The van der Waals surface area contributed by atoms with Crippen LogP contribution in [0.5, 0.6) is 5.75 Å². The van der Waals surface area contributed by atoms with E-state index in [-0.39, 0.29) is 10.8 Å². The molecule has 0 unspecified atom stereocenters. The van der Waals surface area contributed by atoms with Gasteiger partial charge in [-0.15, -0.1) is 0 Å². The van der Waals surface area contributed by atoms with Gasteiger partial charge >= 0.3 is 0 Å². The average Bonchev–Trinajstić information content (AvgIpc) is 2.72. The first kappa shape index (κ1) is 20.6. The fourth-order valence-corrected chi connectivity index (χ4v) is 5.07. The van der Waals surface area contributed by atoms with Crippen LogP contribution >= 0.6 is 11.6 Å². The molecule has 1 N–H and O–H groups in total. The maximum absolute atomic E-state index is 13.1. The second-order valence-corrected chi connectivity index (χ2v) is 8.98. The SMILES string of the molecule is COc1cccc(CNC(=O)[C@@H]2CCCCN2S(=O)(=O)c2ccc(Cl)cc2)c1. The number of nitrogens with zero attached hydrogens (tertiary/aromatic N) is 1. The third-order valence-corrected chi connectivity index (χ3v) is 6.95. The van der Waals surface area contributed by atoms with Gasteiger partial charge in [0.2, 0.25) is 15.9 Å². The van der Waals surface area contributed by atoms with Crippen molar-refractivity contribution < 1.29 is 17.9 Å². The molecule has 3 rings (SSSR count). The van der Waals surface area contributed by atoms with E-state index in [1.807, 2.05) is 24.3 Å². The summed E-state index contributed by atoms with van der Waals surface area (Å²) < 4.78 is 32.6. The average molecular weight is 423 g/mol. The van der Waals surface area contributed by atoms with Crippen LogP contribution in [0.4, 0.5) is 0 Å². The van der Waals surface area contributed by atoms with Crippen LogP contribution in [0.15, 0.2) is 53.4 Å². The predicted octanol–water partition coefficient (Wildman–Crippen LogP) is 3.21. The first-order chi connectivity index (χ1) is 13.4. The van der Waals surface area contributed by atoms with Gasteiger partial charge in [0.25, 0.3) is 0 Å². The summed E-state index contributed by atoms with van der Waals surface area (Å²) in [5.74, 6) is 0.413. The van der Waals surface area contributed by atoms with Gasteiger partial charge in [-0.05, 0) is 54.8 Å². The molecule has 1 heterocycles. The Morgan fingerprint density at radius 1 is 1.21 bits per heavy atom. The monoisotopic (exact) mass is 422 g/mol. The molecule has 1 amide bonds. The number of rotatable bonds is 6. The summed E-state index contributed by atoms with van der Waals surface area (Å²) in [6.45, 7) is 0.629. The Morgan fingerprint density at radius 2 is 1.96 bits per heavy atom. The van der Waals surface area contributed by atoms with Crippen LogP contribution in [0.3, 0.4) is 0 Å². The minimum absolute atomic E-state index is 0.143. The fraction of sp³-hybridized carbons (Fsp3) is 0.350. The fourth-order valence-electron chi connectivity index (χ4n) is 3.29. The van der Waals surface area contributed by atoms with Crippen LogP contribution in [-0.4, -0.2) is 38.3 Å². The summed E-state index contributed by atoms with van der Waals surface area (Å²) >= 11 is 5.87. The summed E-state index contributed by atoms with van der Waals surface area (Å²) in [5, 5.41) is 3.32. The standard InChI is InChI=1S/C20H23ClN2O4S/c1-27-17-6-4-5-15(13-17)14-22-20(24)19-7-2-3-12-23(19)28(25,26)18-10-8-16(21)9-11-18/h4-6,8-11,13,19H,2-3,7,12,14H2,1H3,(H,22,24)/t19-/m0/s1. The topological polar surface area (TPSA) is 75.7 Å². The van der Waals surface area contributed by atoms with E-state index in [1.54, 1.807) is 7.11 Å². The minimum atomic E-state index is -3.77. The molecule has 8 heteroatoms. The van der Waals surface area contributed by atoms with Crippen LogP contribution in [0.2, 0.25) is 5.02 Å². The molecule has 2 aromatic rings. The molecule has 6 nitrogen and oxygen atoms in total. The molecule has 1 fully saturated rings. The molecule has 0 spiro atoms. The van der Waals surface area contributed by atoms with Crippen molar-refractivity contribution in [3.8, 4) is 5.75 Å². The number of benzene rings is 2. The Balaban J connectivity index is 1.74. The molecule has 0 aromatic heterocycles. The van der Waals surface area contributed by atoms with E-state index >= 15 is 0 Å². The van der Waals surface area contributed by atoms with Crippen molar-refractivity contribution in [2.75, 3.05) is 13.7 Å². The number of ether oxygens (including phenoxy) is 1. The third-order valence-electron chi connectivity index (χ3n) is 4.78. The van der Waals surface area contributed by atoms with Crippen LogP contribution in [0.1, 0.15) is 24.8 Å². The second kappa shape index (κ2) is 8.94. The molecular weight excluding hydrogens is 400 g/mol. The quantitative estimate of drug-likeness (QED) is 0.775. The molecule has 1 atom stereocenters. The number of hydrogen-bond donors (Lipinski definition) is 1. The van der Waals surface area contributed by atoms with Crippen molar-refractivity contribution in [3.05, 3.63) is 59.1 Å². The zero-order valence-electron chi connectivity index (χ0n) is 15.6. The Bertz CT molecular complexity index is 931. The van der Waals surface area contributed by atoms with Crippen LogP contribution < -0.4 is 10.1 Å². The lowest BCUT2D eigenvalue weighted by atomic mass is 10.0. The van der Waals surface area contributed by atoms with Crippen molar-refractivity contribution in [1.82, 2.24) is 9.62 Å². The molecule has 1 saturated heterocycles. The highest BCUT2D eigenvalue weighted by Crippen LogP contribution is 2.26. The number of carbonyl (C=O) groups excluding carboxylic acids is 1. The van der Waals surface area contributed by atoms with Gasteiger partial charge in [-0.2, -0.15) is 4.31 Å². The van der Waals surface area contributed by atoms with E-state index in [4.69, 9.17) is 16.3 Å². The van der Waals surface area contributed by atoms with E-state index in [9.17, 15) is 13.2 Å². The molecule has 2 aromatic carbocycles. The molecule has 150 valence electrons. The largest absolute Gasteiger partial charge is 0.497 e. The van der Waals surface area contributed by atoms with Gasteiger partial charge in [-0.1, -0.05) is 30.2 Å². The zero-order valence-corrected chi connectivity index (χ0v) is 17.2. The van der Waals surface area contributed by atoms with Gasteiger partial charge in [0.1, 0.15) is 11.8 Å². The Kier molecular flexibility index (Phi) is 6.59. The third kappa shape index (κ3) is 4.66. The number of sulfonamides is 1. The van der Waals surface area contributed by atoms with Gasteiger partial charge in [0, 0.05) is 18.1 Å². The summed E-state index contributed by atoms with van der Waals surface area (Å²) in [5.41, 5.74) is 0.885. The number of piperidine rings is 1. The number of methoxy groups -OCH3 is 1. The molecular formula is C20H23ClN2O4S. The summed E-state index contributed by atoms with van der Waals surface area (Å²) in [6.07, 6.45) is 2.03. The second-order valence-electron chi connectivity index (χ2n) is 6.65. The number of carbonyl (C=O) groups is 1. The zero-order chi connectivity index (χ0) is 20.1. The first-order valence-electron chi connectivity index (χ1n) is 9.10. The van der Waals surface area contributed by atoms with Gasteiger partial charge in [0.15, 0.2) is 0 Å². The summed E-state index contributed by atoms with van der Waals surface area (Å²) in [7, 11) is -2.19. The van der Waals surface area contributed by atoms with E-state index in [0.717, 1.165) is 18.4 Å². The first-order valence-corrected chi connectivity index (χ1v) is 10.9. The molecule has 28 heavy (non-hydrogen) atoms. The Hall–Kier alpha value is -2.09. The maximum atomic E-state index is 13.1. The van der Waals surface area contributed by atoms with Crippen LogP contribution in [0.25, 0.3) is 0 Å². The minimum Gasteiger partial charge on any atom is -0.497 e. The van der Waals surface area contributed by atoms with Crippen LogP contribution in [0, 0.1) is 0 Å². The van der Waals surface area contributed by atoms with Crippen molar-refractivity contribution >= 4 is 27.5 Å². The van der Waals surface area contributed by atoms with E-state index in [1.165, 1.54) is 28.6 Å².